The minimum Gasteiger partial charge on any atom is -0.481 e. The van der Waals surface area contributed by atoms with Gasteiger partial charge < -0.3 is 9.84 Å². The minimum absolute atomic E-state index is 0.195. The van der Waals surface area contributed by atoms with Crippen molar-refractivity contribution in [1.29, 1.82) is 0 Å². The number of ether oxygens (including phenoxy) is 1. The summed E-state index contributed by atoms with van der Waals surface area (Å²) in [4.78, 5) is 23.4. The lowest BCUT2D eigenvalue weighted by molar-refractivity contribution is -0.139. The number of hydrazone groups is 1. The van der Waals surface area contributed by atoms with Gasteiger partial charge >= 0.3 is 5.97 Å². The summed E-state index contributed by atoms with van der Waals surface area (Å²) >= 11 is 0. The predicted octanol–water partition coefficient (Wildman–Crippen LogP) is 2.95. The number of para-hydroxylation sites is 1. The monoisotopic (exact) mass is 350 g/mol. The van der Waals surface area contributed by atoms with Crippen LogP contribution in [-0.2, 0) is 16.1 Å². The predicted molar refractivity (Wildman–Crippen MR) is 97.7 cm³/mol. The maximum Gasteiger partial charge on any atom is 0.341 e. The Kier molecular flexibility index (Phi) is 5.12. The molecule has 0 saturated carbocycles. The summed E-state index contributed by atoms with van der Waals surface area (Å²) in [6.07, 6.45) is 1.68. The molecule has 0 fully saturated rings. The second-order valence-electron chi connectivity index (χ2n) is 5.81. The maximum absolute atomic E-state index is 12.7. The molecule has 1 aliphatic heterocycles. The van der Waals surface area contributed by atoms with E-state index in [0.29, 0.717) is 29.1 Å². The number of carbonyl (C=O) groups is 2. The second-order valence-corrected chi connectivity index (χ2v) is 5.81. The van der Waals surface area contributed by atoms with E-state index >= 15 is 0 Å². The topological polar surface area (TPSA) is 79.2 Å². The average molecular weight is 350 g/mol. The van der Waals surface area contributed by atoms with E-state index in [1.807, 2.05) is 30.3 Å². The Bertz CT molecular complexity index is 888. The number of hydrogen-bond donors (Lipinski definition) is 1. The Labute approximate surface area is 151 Å². The van der Waals surface area contributed by atoms with E-state index in [9.17, 15) is 9.59 Å². The molecule has 6 nitrogen and oxygen atoms in total. The first kappa shape index (κ1) is 17.4. The number of carbonyl (C=O) groups excluding carboxylic acids is 1. The third kappa shape index (κ3) is 3.97. The van der Waals surface area contributed by atoms with E-state index in [0.717, 1.165) is 5.56 Å². The Morgan fingerprint density at radius 3 is 2.58 bits per heavy atom. The summed E-state index contributed by atoms with van der Waals surface area (Å²) in [7, 11) is 0. The standard InChI is InChI=1S/C20H18N2O4/c1-14-17(11-16-9-5-6-10-18(16)26-13-19(23)24)20(25)22(21-14)12-15-7-3-2-4-8-15/h2-11H,12-13H2,1H3,(H,23,24)/b17-11+. The van der Waals surface area contributed by atoms with Crippen molar-refractivity contribution in [2.45, 2.75) is 13.5 Å². The zero-order valence-electron chi connectivity index (χ0n) is 14.3. The van der Waals surface area contributed by atoms with Gasteiger partial charge in [-0.2, -0.15) is 5.10 Å². The number of carboxylic acid groups (broad SMARTS) is 1. The zero-order valence-corrected chi connectivity index (χ0v) is 14.3. The molecule has 0 atom stereocenters. The Balaban J connectivity index is 1.83. The van der Waals surface area contributed by atoms with Crippen LogP contribution >= 0.6 is 0 Å². The fourth-order valence-electron chi connectivity index (χ4n) is 2.63. The van der Waals surface area contributed by atoms with E-state index in [1.54, 1.807) is 37.3 Å². The molecule has 3 rings (SSSR count). The smallest absolute Gasteiger partial charge is 0.341 e. The lowest BCUT2D eigenvalue weighted by Crippen LogP contribution is -2.21. The van der Waals surface area contributed by atoms with Gasteiger partial charge in [-0.05, 0) is 24.6 Å². The van der Waals surface area contributed by atoms with Crippen LogP contribution in [0.15, 0.2) is 65.3 Å². The van der Waals surface area contributed by atoms with E-state index in [2.05, 4.69) is 5.10 Å². The third-order valence-electron chi connectivity index (χ3n) is 3.87. The van der Waals surface area contributed by atoms with E-state index in [1.165, 1.54) is 5.01 Å². The summed E-state index contributed by atoms with van der Waals surface area (Å²) in [5.41, 5.74) is 2.70. The third-order valence-corrected chi connectivity index (χ3v) is 3.87. The highest BCUT2D eigenvalue weighted by atomic mass is 16.5. The summed E-state index contributed by atoms with van der Waals surface area (Å²) in [5, 5.41) is 14.6. The van der Waals surface area contributed by atoms with Crippen LogP contribution in [0.2, 0.25) is 0 Å². The normalized spacial score (nSPS) is 15.3. The molecular weight excluding hydrogens is 332 g/mol. The fourth-order valence-corrected chi connectivity index (χ4v) is 2.63. The number of aliphatic carboxylic acids is 1. The van der Waals surface area contributed by atoms with Crippen LogP contribution in [0.1, 0.15) is 18.1 Å². The average Bonchev–Trinajstić information content (AvgIpc) is 2.89. The summed E-state index contributed by atoms with van der Waals surface area (Å²) in [6.45, 7) is 1.72. The summed E-state index contributed by atoms with van der Waals surface area (Å²) in [5.74, 6) is -0.847. The van der Waals surface area contributed by atoms with Gasteiger partial charge in [0.1, 0.15) is 5.75 Å². The van der Waals surface area contributed by atoms with Gasteiger partial charge in [0.15, 0.2) is 6.61 Å². The molecule has 1 N–H and O–H groups in total. The van der Waals surface area contributed by atoms with Crippen molar-refractivity contribution < 1.29 is 19.4 Å². The van der Waals surface area contributed by atoms with Crippen LogP contribution < -0.4 is 4.74 Å². The largest absolute Gasteiger partial charge is 0.481 e. The first-order valence-corrected chi connectivity index (χ1v) is 8.11. The highest BCUT2D eigenvalue weighted by Crippen LogP contribution is 2.25. The van der Waals surface area contributed by atoms with Crippen molar-refractivity contribution in [1.82, 2.24) is 5.01 Å². The van der Waals surface area contributed by atoms with Crippen LogP contribution in [0.4, 0.5) is 0 Å². The van der Waals surface area contributed by atoms with Gasteiger partial charge in [0, 0.05) is 5.56 Å². The quantitative estimate of drug-likeness (QED) is 0.813. The van der Waals surface area contributed by atoms with Crippen molar-refractivity contribution >= 4 is 23.7 Å². The van der Waals surface area contributed by atoms with Crippen molar-refractivity contribution in [2.24, 2.45) is 5.10 Å². The van der Waals surface area contributed by atoms with E-state index in [-0.39, 0.29) is 5.91 Å². The van der Waals surface area contributed by atoms with Gasteiger partial charge in [0.25, 0.3) is 5.91 Å². The van der Waals surface area contributed by atoms with E-state index < -0.39 is 12.6 Å². The summed E-state index contributed by atoms with van der Waals surface area (Å²) in [6, 6.07) is 16.6. The number of amides is 1. The van der Waals surface area contributed by atoms with Gasteiger partial charge in [-0.1, -0.05) is 48.5 Å². The van der Waals surface area contributed by atoms with Gasteiger partial charge in [0.05, 0.1) is 17.8 Å². The van der Waals surface area contributed by atoms with Gasteiger partial charge in [-0.15, -0.1) is 0 Å². The minimum atomic E-state index is -1.06. The number of carboxylic acids is 1. The van der Waals surface area contributed by atoms with Crippen LogP contribution in [0, 0.1) is 0 Å². The molecular formula is C20H18N2O4. The molecule has 1 heterocycles. The molecule has 2 aromatic carbocycles. The second kappa shape index (κ2) is 7.65. The molecule has 132 valence electrons. The molecule has 0 aromatic heterocycles. The molecule has 1 aliphatic rings. The number of hydrogen-bond acceptors (Lipinski definition) is 4. The first-order chi connectivity index (χ1) is 12.5. The number of nitrogens with zero attached hydrogens (tertiary/aromatic N) is 2. The van der Waals surface area contributed by atoms with Crippen molar-refractivity contribution in [3.8, 4) is 5.75 Å². The number of rotatable bonds is 6. The van der Waals surface area contributed by atoms with Crippen molar-refractivity contribution in [3.05, 3.63) is 71.3 Å². The summed E-state index contributed by atoms with van der Waals surface area (Å²) < 4.78 is 5.29. The molecule has 1 amide bonds. The van der Waals surface area contributed by atoms with E-state index in [4.69, 9.17) is 9.84 Å². The molecule has 0 aliphatic carbocycles. The van der Waals surface area contributed by atoms with Crippen LogP contribution in [0.5, 0.6) is 5.75 Å². The molecule has 0 radical (unpaired) electrons. The molecule has 0 spiro atoms. The Hall–Kier alpha value is -3.41. The van der Waals surface area contributed by atoms with Crippen molar-refractivity contribution in [3.63, 3.8) is 0 Å². The van der Waals surface area contributed by atoms with Crippen LogP contribution in [0.3, 0.4) is 0 Å². The van der Waals surface area contributed by atoms with Crippen LogP contribution in [-0.4, -0.2) is 34.3 Å². The SMILES string of the molecule is CC1=NN(Cc2ccccc2)C(=O)/C1=C/c1ccccc1OCC(=O)O. The molecule has 2 aromatic rings. The van der Waals surface area contributed by atoms with Gasteiger partial charge in [-0.3, -0.25) is 4.79 Å². The lowest BCUT2D eigenvalue weighted by atomic mass is 10.1. The molecule has 6 heteroatoms. The fraction of sp³-hybridized carbons (Fsp3) is 0.150. The Morgan fingerprint density at radius 1 is 1.15 bits per heavy atom. The molecule has 0 unspecified atom stereocenters. The Morgan fingerprint density at radius 2 is 1.85 bits per heavy atom. The molecule has 0 saturated heterocycles. The number of benzene rings is 2. The first-order valence-electron chi connectivity index (χ1n) is 8.11. The van der Waals surface area contributed by atoms with Crippen LogP contribution in [0.25, 0.3) is 6.08 Å². The maximum atomic E-state index is 12.7. The lowest BCUT2D eigenvalue weighted by Gasteiger charge is -2.12. The van der Waals surface area contributed by atoms with Crippen molar-refractivity contribution in [2.75, 3.05) is 6.61 Å². The van der Waals surface area contributed by atoms with Gasteiger partial charge in [-0.25, -0.2) is 9.80 Å². The molecule has 26 heavy (non-hydrogen) atoms. The van der Waals surface area contributed by atoms with Gasteiger partial charge in [0.2, 0.25) is 0 Å². The highest BCUT2D eigenvalue weighted by molar-refractivity contribution is 6.26. The molecule has 0 bridgehead atoms. The zero-order chi connectivity index (χ0) is 18.5. The highest BCUT2D eigenvalue weighted by Gasteiger charge is 2.27.